The fraction of sp³-hybridized carbons (Fsp3) is 0. The average molecular weight is 279 g/mol. The number of hydrogen-bond donors (Lipinski definition) is 1. The zero-order valence-corrected chi connectivity index (χ0v) is 9.84. The van der Waals surface area contributed by atoms with Crippen LogP contribution >= 0.6 is 0 Å². The fourth-order valence-corrected chi connectivity index (χ4v) is 1.76. The molecule has 0 amide bonds. The highest BCUT2D eigenvalue weighted by Gasteiger charge is 2.19. The van der Waals surface area contributed by atoms with E-state index in [-0.39, 0.29) is 16.7 Å². The molecule has 0 aromatic heterocycles. The second-order valence-electron chi connectivity index (χ2n) is 3.92. The molecule has 102 valence electrons. The number of nitro benzene ring substituents is 1. The Morgan fingerprint density at radius 3 is 2.40 bits per heavy atom. The number of carbonyl (C=O) groups is 1. The van der Waals surface area contributed by atoms with Gasteiger partial charge in [0.15, 0.2) is 0 Å². The number of rotatable bonds is 3. The maximum atomic E-state index is 13.7. The van der Waals surface area contributed by atoms with Crippen molar-refractivity contribution in [2.45, 2.75) is 0 Å². The number of halogens is 2. The minimum absolute atomic E-state index is 0.247. The minimum Gasteiger partial charge on any atom is -0.478 e. The number of aromatic carboxylic acids is 1. The van der Waals surface area contributed by atoms with Gasteiger partial charge in [0.05, 0.1) is 10.5 Å². The van der Waals surface area contributed by atoms with Crippen molar-refractivity contribution in [3.05, 3.63) is 63.7 Å². The predicted octanol–water partition coefficient (Wildman–Crippen LogP) is 3.24. The van der Waals surface area contributed by atoms with Crippen LogP contribution in [-0.2, 0) is 0 Å². The van der Waals surface area contributed by atoms with Gasteiger partial charge in [-0.2, -0.15) is 0 Å². The molecule has 0 aliphatic carbocycles. The van der Waals surface area contributed by atoms with E-state index >= 15 is 0 Å². The highest BCUT2D eigenvalue weighted by molar-refractivity contribution is 5.96. The van der Waals surface area contributed by atoms with Gasteiger partial charge in [-0.05, 0) is 24.3 Å². The number of benzene rings is 2. The van der Waals surface area contributed by atoms with E-state index in [1.54, 1.807) is 0 Å². The summed E-state index contributed by atoms with van der Waals surface area (Å²) in [6, 6.07) is 5.37. The summed E-state index contributed by atoms with van der Waals surface area (Å²) in [5.74, 6) is -3.03. The lowest BCUT2D eigenvalue weighted by atomic mass is 9.98. The van der Waals surface area contributed by atoms with Crippen LogP contribution in [0.2, 0.25) is 0 Å². The SMILES string of the molecule is O=C(O)c1ccc([N+](=O)[O-])cc1-c1cc(F)ccc1F. The fourth-order valence-electron chi connectivity index (χ4n) is 1.76. The van der Waals surface area contributed by atoms with Gasteiger partial charge in [0, 0.05) is 23.3 Å². The second kappa shape index (κ2) is 5.04. The molecule has 0 radical (unpaired) electrons. The third-order valence-electron chi connectivity index (χ3n) is 2.66. The minimum atomic E-state index is -1.39. The van der Waals surface area contributed by atoms with Crippen molar-refractivity contribution in [1.29, 1.82) is 0 Å². The number of nitrogens with zero attached hydrogens (tertiary/aromatic N) is 1. The second-order valence-corrected chi connectivity index (χ2v) is 3.92. The quantitative estimate of drug-likeness (QED) is 0.690. The van der Waals surface area contributed by atoms with Gasteiger partial charge in [-0.1, -0.05) is 0 Å². The molecule has 0 aliphatic heterocycles. The summed E-state index contributed by atoms with van der Waals surface area (Å²) in [5, 5.41) is 19.7. The van der Waals surface area contributed by atoms with E-state index in [0.29, 0.717) is 0 Å². The topological polar surface area (TPSA) is 80.4 Å². The van der Waals surface area contributed by atoms with Crippen LogP contribution in [0, 0.1) is 21.7 Å². The van der Waals surface area contributed by atoms with E-state index in [1.807, 2.05) is 0 Å². The van der Waals surface area contributed by atoms with E-state index in [1.165, 1.54) is 0 Å². The summed E-state index contributed by atoms with van der Waals surface area (Å²) in [4.78, 5) is 21.1. The maximum Gasteiger partial charge on any atom is 0.336 e. The molecule has 2 aromatic carbocycles. The first-order valence-corrected chi connectivity index (χ1v) is 5.37. The summed E-state index contributed by atoms with van der Waals surface area (Å²) < 4.78 is 26.9. The van der Waals surface area contributed by atoms with Crippen LogP contribution in [-0.4, -0.2) is 16.0 Å². The van der Waals surface area contributed by atoms with Gasteiger partial charge in [-0.3, -0.25) is 10.1 Å². The zero-order valence-electron chi connectivity index (χ0n) is 9.84. The largest absolute Gasteiger partial charge is 0.478 e. The summed E-state index contributed by atoms with van der Waals surface area (Å²) >= 11 is 0. The Labute approximate surface area is 111 Å². The van der Waals surface area contributed by atoms with Gasteiger partial charge >= 0.3 is 5.97 Å². The Bertz CT molecular complexity index is 716. The molecule has 7 heteroatoms. The van der Waals surface area contributed by atoms with Crippen molar-refractivity contribution in [3.63, 3.8) is 0 Å². The molecular weight excluding hydrogens is 272 g/mol. The molecule has 5 nitrogen and oxygen atoms in total. The lowest BCUT2D eigenvalue weighted by Gasteiger charge is -2.07. The van der Waals surface area contributed by atoms with Crippen molar-refractivity contribution < 1.29 is 23.6 Å². The normalized spacial score (nSPS) is 10.3. The van der Waals surface area contributed by atoms with Gasteiger partial charge in [0.1, 0.15) is 11.6 Å². The molecule has 0 saturated heterocycles. The Hall–Kier alpha value is -2.83. The van der Waals surface area contributed by atoms with Gasteiger partial charge in [-0.25, -0.2) is 13.6 Å². The number of non-ortho nitro benzene ring substituents is 1. The molecule has 1 N–H and O–H groups in total. The molecule has 0 atom stereocenters. The summed E-state index contributed by atoms with van der Waals surface area (Å²) in [5.41, 5.74) is -1.34. The lowest BCUT2D eigenvalue weighted by molar-refractivity contribution is -0.384. The third kappa shape index (κ3) is 2.46. The van der Waals surface area contributed by atoms with Crippen LogP contribution in [0.15, 0.2) is 36.4 Å². The predicted molar refractivity (Wildman–Crippen MR) is 65.4 cm³/mol. The summed E-state index contributed by atoms with van der Waals surface area (Å²) in [6.07, 6.45) is 0. The van der Waals surface area contributed by atoms with Crippen LogP contribution in [0.3, 0.4) is 0 Å². The molecule has 2 aromatic rings. The molecule has 0 fully saturated rings. The average Bonchev–Trinajstić information content (AvgIpc) is 2.40. The Morgan fingerprint density at radius 1 is 1.10 bits per heavy atom. The first kappa shape index (κ1) is 13.6. The van der Waals surface area contributed by atoms with Gasteiger partial charge < -0.3 is 5.11 Å². The smallest absolute Gasteiger partial charge is 0.336 e. The first-order chi connectivity index (χ1) is 9.40. The standard InChI is InChI=1S/C13H7F2NO4/c14-7-1-4-12(15)11(5-7)10-6-8(16(19)20)2-3-9(10)13(17)18/h1-6H,(H,17,18). The van der Waals surface area contributed by atoms with Crippen molar-refractivity contribution in [1.82, 2.24) is 0 Å². The Balaban J connectivity index is 2.75. The number of carboxylic acids is 1. The summed E-state index contributed by atoms with van der Waals surface area (Å²) in [6.45, 7) is 0. The van der Waals surface area contributed by atoms with E-state index in [0.717, 1.165) is 36.4 Å². The Kier molecular flexibility index (Phi) is 3.43. The van der Waals surface area contributed by atoms with Crippen LogP contribution in [0.4, 0.5) is 14.5 Å². The van der Waals surface area contributed by atoms with E-state index in [9.17, 15) is 23.7 Å². The zero-order chi connectivity index (χ0) is 14.9. The monoisotopic (exact) mass is 279 g/mol. The van der Waals surface area contributed by atoms with Crippen LogP contribution in [0.25, 0.3) is 11.1 Å². The van der Waals surface area contributed by atoms with Crippen LogP contribution in [0.5, 0.6) is 0 Å². The lowest BCUT2D eigenvalue weighted by Crippen LogP contribution is -2.02. The van der Waals surface area contributed by atoms with Gasteiger partial charge in [0.2, 0.25) is 0 Å². The molecule has 0 heterocycles. The molecule has 0 unspecified atom stereocenters. The third-order valence-corrected chi connectivity index (χ3v) is 2.66. The maximum absolute atomic E-state index is 13.7. The molecule has 2 rings (SSSR count). The van der Waals surface area contributed by atoms with E-state index in [2.05, 4.69) is 0 Å². The molecule has 0 bridgehead atoms. The van der Waals surface area contributed by atoms with Crippen LogP contribution in [0.1, 0.15) is 10.4 Å². The van der Waals surface area contributed by atoms with Gasteiger partial charge in [0.25, 0.3) is 5.69 Å². The van der Waals surface area contributed by atoms with Gasteiger partial charge in [-0.15, -0.1) is 0 Å². The molecule has 0 spiro atoms. The van der Waals surface area contributed by atoms with Crippen LogP contribution < -0.4 is 0 Å². The highest BCUT2D eigenvalue weighted by Crippen LogP contribution is 2.30. The van der Waals surface area contributed by atoms with E-state index in [4.69, 9.17) is 5.11 Å². The molecular formula is C13H7F2NO4. The Morgan fingerprint density at radius 2 is 1.80 bits per heavy atom. The van der Waals surface area contributed by atoms with E-state index < -0.39 is 28.2 Å². The van der Waals surface area contributed by atoms with Crippen molar-refractivity contribution in [3.8, 4) is 11.1 Å². The highest BCUT2D eigenvalue weighted by atomic mass is 19.1. The summed E-state index contributed by atoms with van der Waals surface area (Å²) in [7, 11) is 0. The molecule has 0 saturated carbocycles. The first-order valence-electron chi connectivity index (χ1n) is 5.37. The number of hydrogen-bond acceptors (Lipinski definition) is 3. The van der Waals surface area contributed by atoms with Crippen molar-refractivity contribution in [2.24, 2.45) is 0 Å². The van der Waals surface area contributed by atoms with Crippen molar-refractivity contribution in [2.75, 3.05) is 0 Å². The van der Waals surface area contributed by atoms with Crippen molar-refractivity contribution >= 4 is 11.7 Å². The molecule has 0 aliphatic rings. The molecule has 20 heavy (non-hydrogen) atoms. The number of nitro groups is 1. The number of carboxylic acid groups (broad SMARTS) is 1.